The van der Waals surface area contributed by atoms with E-state index in [1.54, 1.807) is 55.5 Å². The number of benzene rings is 2. The van der Waals surface area contributed by atoms with Crippen LogP contribution in [0.15, 0.2) is 82.4 Å². The van der Waals surface area contributed by atoms with E-state index in [2.05, 4.69) is 15.3 Å². The molecule has 0 saturated heterocycles. The first kappa shape index (κ1) is 23.3. The van der Waals surface area contributed by atoms with Gasteiger partial charge in [-0.2, -0.15) is 0 Å². The second-order valence-corrected chi connectivity index (χ2v) is 9.85. The van der Waals surface area contributed by atoms with Crippen molar-refractivity contribution < 1.29 is 17.6 Å². The van der Waals surface area contributed by atoms with E-state index in [0.717, 1.165) is 15.1 Å². The van der Waals surface area contributed by atoms with Crippen molar-refractivity contribution in [2.45, 2.75) is 18.4 Å². The Bertz CT molecular complexity index is 1690. The van der Waals surface area contributed by atoms with Crippen LogP contribution in [0, 0.1) is 6.92 Å². The number of nitrogens with one attached hydrogen (secondary N) is 1. The van der Waals surface area contributed by atoms with Gasteiger partial charge in [-0.15, -0.1) is 0 Å². The number of oxazole rings is 1. The van der Waals surface area contributed by atoms with E-state index in [9.17, 15) is 13.2 Å². The van der Waals surface area contributed by atoms with Gasteiger partial charge >= 0.3 is 6.03 Å². The van der Waals surface area contributed by atoms with Gasteiger partial charge in [0.15, 0.2) is 17.3 Å². The van der Waals surface area contributed by atoms with Crippen molar-refractivity contribution >= 4 is 32.8 Å². The van der Waals surface area contributed by atoms with Crippen LogP contribution in [-0.4, -0.2) is 28.4 Å². The number of hydrogen-bond donors (Lipinski definition) is 3. The normalized spacial score (nSPS) is 11.6. The molecule has 0 bridgehead atoms. The zero-order valence-electron chi connectivity index (χ0n) is 19.2. The molecular weight excluding hydrogens is 480 g/mol. The zero-order chi connectivity index (χ0) is 25.4. The topological polar surface area (TPSA) is 159 Å². The second-order valence-electron chi connectivity index (χ2n) is 8.04. The summed E-state index contributed by atoms with van der Waals surface area (Å²) in [5, 5.41) is 3.10. The maximum absolute atomic E-state index is 13.4. The predicted octanol–water partition coefficient (Wildman–Crippen LogP) is 3.85. The number of nitrogens with zero attached hydrogens (tertiary/aromatic N) is 3. The van der Waals surface area contributed by atoms with Gasteiger partial charge in [-0.1, -0.05) is 24.3 Å². The van der Waals surface area contributed by atoms with Crippen molar-refractivity contribution in [3.05, 3.63) is 84.5 Å². The van der Waals surface area contributed by atoms with Crippen LogP contribution in [0.5, 0.6) is 0 Å². The molecule has 0 aliphatic rings. The van der Waals surface area contributed by atoms with Crippen molar-refractivity contribution in [1.82, 2.24) is 13.9 Å². The number of amides is 2. The maximum atomic E-state index is 13.4. The number of pyridine rings is 1. The molecule has 182 valence electrons. The highest BCUT2D eigenvalue weighted by Gasteiger charge is 2.23. The molecule has 0 aliphatic carbocycles. The standard InChI is InChI=1S/C25H22N6O4S/c1-15-29-22(17-4-6-18(7-5-17)30-25(27)32)23(35-15)20-10-12-28-24-21(20)11-13-31(24)36(33,34)19-8-2-16(14-26)3-9-19/h2-13H,14,26H2,1H3,(H3,27,30,32). The van der Waals surface area contributed by atoms with Crippen molar-refractivity contribution in [2.24, 2.45) is 11.5 Å². The van der Waals surface area contributed by atoms with E-state index in [4.69, 9.17) is 15.9 Å². The van der Waals surface area contributed by atoms with Gasteiger partial charge in [-0.3, -0.25) is 0 Å². The van der Waals surface area contributed by atoms with Crippen LogP contribution in [0.3, 0.4) is 0 Å². The number of hydrogen-bond acceptors (Lipinski definition) is 7. The van der Waals surface area contributed by atoms with Crippen molar-refractivity contribution in [3.63, 3.8) is 0 Å². The number of primary amides is 1. The lowest BCUT2D eigenvalue weighted by Crippen LogP contribution is -2.19. The van der Waals surface area contributed by atoms with Gasteiger partial charge < -0.3 is 21.2 Å². The summed E-state index contributed by atoms with van der Waals surface area (Å²) in [5.74, 6) is 0.911. The average Bonchev–Trinajstić information content (AvgIpc) is 3.48. The Balaban J connectivity index is 1.60. The molecule has 36 heavy (non-hydrogen) atoms. The number of aromatic nitrogens is 3. The summed E-state index contributed by atoms with van der Waals surface area (Å²) in [4.78, 5) is 20.1. The lowest BCUT2D eigenvalue weighted by Gasteiger charge is -2.09. The molecule has 0 radical (unpaired) electrons. The maximum Gasteiger partial charge on any atom is 0.316 e. The third-order valence-electron chi connectivity index (χ3n) is 5.67. The quantitative estimate of drug-likeness (QED) is 0.318. The van der Waals surface area contributed by atoms with Gasteiger partial charge in [0.25, 0.3) is 10.0 Å². The smallest absolute Gasteiger partial charge is 0.316 e. The number of rotatable bonds is 6. The highest BCUT2D eigenvalue weighted by Crippen LogP contribution is 2.37. The molecule has 0 saturated carbocycles. The van der Waals surface area contributed by atoms with E-state index < -0.39 is 16.1 Å². The van der Waals surface area contributed by atoms with Gasteiger partial charge in [-0.05, 0) is 42.0 Å². The number of urea groups is 1. The fourth-order valence-electron chi connectivity index (χ4n) is 3.98. The van der Waals surface area contributed by atoms with E-state index in [-0.39, 0.29) is 10.5 Å². The van der Waals surface area contributed by atoms with E-state index >= 15 is 0 Å². The molecule has 3 heterocycles. The van der Waals surface area contributed by atoms with Crippen LogP contribution in [0.2, 0.25) is 0 Å². The molecule has 0 aliphatic heterocycles. The number of carbonyl (C=O) groups is 1. The number of nitrogens with two attached hydrogens (primary N) is 2. The third-order valence-corrected chi connectivity index (χ3v) is 7.36. The Kier molecular flexibility index (Phi) is 5.78. The highest BCUT2D eigenvalue weighted by atomic mass is 32.2. The number of fused-ring (bicyclic) bond motifs is 1. The van der Waals surface area contributed by atoms with Crippen LogP contribution in [0.1, 0.15) is 11.5 Å². The van der Waals surface area contributed by atoms with Crippen LogP contribution < -0.4 is 16.8 Å². The number of aryl methyl sites for hydroxylation is 1. The molecule has 5 N–H and O–H groups in total. The van der Waals surface area contributed by atoms with Gasteiger partial charge in [0.05, 0.1) is 4.90 Å². The summed E-state index contributed by atoms with van der Waals surface area (Å²) in [6.07, 6.45) is 3.00. The molecule has 11 heteroatoms. The minimum absolute atomic E-state index is 0.130. The minimum Gasteiger partial charge on any atom is -0.440 e. The first-order chi connectivity index (χ1) is 17.3. The molecule has 2 amide bonds. The fourth-order valence-corrected chi connectivity index (χ4v) is 5.28. The average molecular weight is 503 g/mol. The monoisotopic (exact) mass is 502 g/mol. The first-order valence-corrected chi connectivity index (χ1v) is 12.4. The minimum atomic E-state index is -3.90. The molecule has 2 aromatic carbocycles. The zero-order valence-corrected chi connectivity index (χ0v) is 20.0. The Hall–Kier alpha value is -4.48. The van der Waals surface area contributed by atoms with Gasteiger partial charge in [0.2, 0.25) is 0 Å². The van der Waals surface area contributed by atoms with Crippen LogP contribution in [-0.2, 0) is 16.6 Å². The summed E-state index contributed by atoms with van der Waals surface area (Å²) in [6, 6.07) is 16.2. The highest BCUT2D eigenvalue weighted by molar-refractivity contribution is 7.90. The summed E-state index contributed by atoms with van der Waals surface area (Å²) in [7, 11) is -3.90. The molecule has 0 fully saturated rings. The fraction of sp³-hybridized carbons (Fsp3) is 0.0800. The summed E-state index contributed by atoms with van der Waals surface area (Å²) >= 11 is 0. The van der Waals surface area contributed by atoms with E-state index in [1.807, 2.05) is 0 Å². The van der Waals surface area contributed by atoms with Crippen LogP contribution in [0.25, 0.3) is 33.6 Å². The van der Waals surface area contributed by atoms with Crippen LogP contribution in [0.4, 0.5) is 10.5 Å². The van der Waals surface area contributed by atoms with Gasteiger partial charge in [0, 0.05) is 48.1 Å². The van der Waals surface area contributed by atoms with Crippen molar-refractivity contribution in [3.8, 4) is 22.6 Å². The second kappa shape index (κ2) is 8.95. The summed E-state index contributed by atoms with van der Waals surface area (Å²) in [6.45, 7) is 2.05. The molecule has 0 spiro atoms. The molecule has 3 aromatic heterocycles. The SMILES string of the molecule is Cc1nc(-c2ccc(NC(N)=O)cc2)c(-c2ccnc3c2ccn3S(=O)(=O)c2ccc(CN)cc2)o1. The first-order valence-electron chi connectivity index (χ1n) is 10.9. The Morgan fingerprint density at radius 3 is 2.44 bits per heavy atom. The molecule has 0 atom stereocenters. The summed E-state index contributed by atoms with van der Waals surface area (Å²) < 4.78 is 33.9. The number of anilines is 1. The Morgan fingerprint density at radius 1 is 1.06 bits per heavy atom. The Labute approximate surface area is 206 Å². The number of carbonyl (C=O) groups excluding carboxylic acids is 1. The van der Waals surface area contributed by atoms with Gasteiger partial charge in [0.1, 0.15) is 5.69 Å². The lowest BCUT2D eigenvalue weighted by molar-refractivity contribution is 0.259. The lowest BCUT2D eigenvalue weighted by atomic mass is 10.0. The Morgan fingerprint density at radius 2 is 1.78 bits per heavy atom. The van der Waals surface area contributed by atoms with Crippen molar-refractivity contribution in [2.75, 3.05) is 5.32 Å². The molecule has 10 nitrogen and oxygen atoms in total. The molecular formula is C25H22N6O4S. The summed E-state index contributed by atoms with van der Waals surface area (Å²) in [5.41, 5.74) is 14.4. The van der Waals surface area contributed by atoms with Gasteiger partial charge in [-0.25, -0.2) is 27.2 Å². The van der Waals surface area contributed by atoms with E-state index in [0.29, 0.717) is 40.5 Å². The van der Waals surface area contributed by atoms with Crippen molar-refractivity contribution in [1.29, 1.82) is 0 Å². The molecule has 5 aromatic rings. The predicted molar refractivity (Wildman–Crippen MR) is 136 cm³/mol. The van der Waals surface area contributed by atoms with E-state index in [1.165, 1.54) is 24.5 Å². The third kappa shape index (κ3) is 4.10. The molecule has 5 rings (SSSR count). The largest absolute Gasteiger partial charge is 0.440 e. The molecule has 0 unspecified atom stereocenters. The van der Waals surface area contributed by atoms with Crippen LogP contribution >= 0.6 is 0 Å².